The summed E-state index contributed by atoms with van der Waals surface area (Å²) in [6, 6.07) is 7.41. The van der Waals surface area contributed by atoms with Gasteiger partial charge in [0, 0.05) is 25.8 Å². The molecule has 0 heterocycles. The van der Waals surface area contributed by atoms with E-state index in [0.717, 1.165) is 11.3 Å². The normalized spacial score (nSPS) is 9.63. The second kappa shape index (κ2) is 8.16. The lowest BCUT2D eigenvalue weighted by molar-refractivity contribution is -0.0969. The van der Waals surface area contributed by atoms with Gasteiger partial charge in [0.1, 0.15) is 0 Å². The molecule has 19 heavy (non-hydrogen) atoms. The third kappa shape index (κ3) is 4.63. The summed E-state index contributed by atoms with van der Waals surface area (Å²) >= 11 is 0. The Hall–Kier alpha value is -2.01. The number of hydrogen-bond acceptors (Lipinski definition) is 4. The van der Waals surface area contributed by atoms with Crippen LogP contribution in [-0.2, 0) is 9.47 Å². The van der Waals surface area contributed by atoms with Gasteiger partial charge < -0.3 is 14.8 Å². The number of nitriles is 1. The standard InChI is InChI=1S/C15H18N2O2/c1-4-18-15(19-5-2)9-8-13-7-6-12(11-16)10-14(13)17-3/h6-7,10,15,17H,4-5H2,1-3H3. The molecular weight excluding hydrogens is 240 g/mol. The zero-order valence-electron chi connectivity index (χ0n) is 11.5. The predicted molar refractivity (Wildman–Crippen MR) is 74.6 cm³/mol. The lowest BCUT2D eigenvalue weighted by Crippen LogP contribution is -2.14. The Kier molecular flexibility index (Phi) is 6.46. The fourth-order valence-electron chi connectivity index (χ4n) is 1.50. The van der Waals surface area contributed by atoms with Crippen LogP contribution in [0.5, 0.6) is 0 Å². The molecule has 0 atom stereocenters. The van der Waals surface area contributed by atoms with E-state index in [-0.39, 0.29) is 0 Å². The molecule has 0 aliphatic heterocycles. The van der Waals surface area contributed by atoms with Gasteiger partial charge in [0.25, 0.3) is 0 Å². The van der Waals surface area contributed by atoms with Crippen molar-refractivity contribution >= 4 is 5.69 Å². The molecule has 0 aliphatic rings. The van der Waals surface area contributed by atoms with Crippen LogP contribution in [0.3, 0.4) is 0 Å². The smallest absolute Gasteiger partial charge is 0.222 e. The van der Waals surface area contributed by atoms with Crippen molar-refractivity contribution in [1.82, 2.24) is 0 Å². The van der Waals surface area contributed by atoms with Crippen LogP contribution in [0.4, 0.5) is 5.69 Å². The van der Waals surface area contributed by atoms with E-state index in [1.807, 2.05) is 19.9 Å². The second-order valence-corrected chi connectivity index (χ2v) is 3.63. The Morgan fingerprint density at radius 3 is 2.47 bits per heavy atom. The fraction of sp³-hybridized carbons (Fsp3) is 0.400. The Morgan fingerprint density at radius 1 is 1.26 bits per heavy atom. The molecule has 4 nitrogen and oxygen atoms in total. The Balaban J connectivity index is 2.95. The minimum Gasteiger partial charge on any atom is -0.387 e. The van der Waals surface area contributed by atoms with Crippen molar-refractivity contribution in [2.45, 2.75) is 20.1 Å². The van der Waals surface area contributed by atoms with Gasteiger partial charge in [-0.3, -0.25) is 0 Å². The van der Waals surface area contributed by atoms with Crippen LogP contribution in [0.25, 0.3) is 0 Å². The summed E-state index contributed by atoms with van der Waals surface area (Å²) in [6.45, 7) is 4.89. The van der Waals surface area contributed by atoms with Crippen molar-refractivity contribution in [3.8, 4) is 17.9 Å². The summed E-state index contributed by atoms with van der Waals surface area (Å²) in [5.41, 5.74) is 2.23. The van der Waals surface area contributed by atoms with Gasteiger partial charge in [-0.15, -0.1) is 0 Å². The first-order chi connectivity index (χ1) is 9.24. The van der Waals surface area contributed by atoms with Crippen molar-refractivity contribution in [3.63, 3.8) is 0 Å². The summed E-state index contributed by atoms with van der Waals surface area (Å²) < 4.78 is 10.7. The van der Waals surface area contributed by atoms with E-state index in [9.17, 15) is 0 Å². The van der Waals surface area contributed by atoms with E-state index >= 15 is 0 Å². The number of benzene rings is 1. The third-order valence-electron chi connectivity index (χ3n) is 2.38. The predicted octanol–water partition coefficient (Wildman–Crippen LogP) is 2.35. The molecule has 0 aliphatic carbocycles. The van der Waals surface area contributed by atoms with Crippen LogP contribution >= 0.6 is 0 Å². The van der Waals surface area contributed by atoms with Crippen LogP contribution in [0.2, 0.25) is 0 Å². The largest absolute Gasteiger partial charge is 0.387 e. The second-order valence-electron chi connectivity index (χ2n) is 3.63. The van der Waals surface area contributed by atoms with Crippen molar-refractivity contribution in [2.24, 2.45) is 0 Å². The molecule has 1 N–H and O–H groups in total. The van der Waals surface area contributed by atoms with Crippen molar-refractivity contribution < 1.29 is 9.47 Å². The van der Waals surface area contributed by atoms with E-state index in [2.05, 4.69) is 23.2 Å². The molecule has 0 saturated heterocycles. The highest BCUT2D eigenvalue weighted by atomic mass is 16.7. The molecular formula is C15H18N2O2. The molecule has 1 aromatic carbocycles. The van der Waals surface area contributed by atoms with Gasteiger partial charge in [-0.2, -0.15) is 5.26 Å². The molecule has 4 heteroatoms. The molecule has 0 fully saturated rings. The monoisotopic (exact) mass is 258 g/mol. The zero-order valence-corrected chi connectivity index (χ0v) is 11.5. The number of ether oxygens (including phenoxy) is 2. The van der Waals surface area contributed by atoms with Gasteiger partial charge in [0.05, 0.1) is 17.3 Å². The van der Waals surface area contributed by atoms with E-state index in [1.54, 1.807) is 19.2 Å². The third-order valence-corrected chi connectivity index (χ3v) is 2.38. The van der Waals surface area contributed by atoms with E-state index in [1.165, 1.54) is 0 Å². The molecule has 100 valence electrons. The van der Waals surface area contributed by atoms with Crippen LogP contribution < -0.4 is 5.32 Å². The first-order valence-corrected chi connectivity index (χ1v) is 6.21. The maximum absolute atomic E-state index is 8.85. The quantitative estimate of drug-likeness (QED) is 0.650. The van der Waals surface area contributed by atoms with Crippen LogP contribution in [0.15, 0.2) is 18.2 Å². The molecule has 0 radical (unpaired) electrons. The summed E-state index contributed by atoms with van der Waals surface area (Å²) in [7, 11) is 1.80. The highest BCUT2D eigenvalue weighted by Gasteiger charge is 2.03. The van der Waals surface area contributed by atoms with Crippen molar-refractivity contribution in [2.75, 3.05) is 25.6 Å². The number of rotatable bonds is 5. The van der Waals surface area contributed by atoms with Crippen molar-refractivity contribution in [1.29, 1.82) is 5.26 Å². The summed E-state index contributed by atoms with van der Waals surface area (Å²) in [4.78, 5) is 0. The zero-order chi connectivity index (χ0) is 14.1. The molecule has 0 saturated carbocycles. The minimum absolute atomic E-state index is 0.518. The average molecular weight is 258 g/mol. The van der Waals surface area contributed by atoms with Gasteiger partial charge in [-0.25, -0.2) is 0 Å². The topological polar surface area (TPSA) is 54.3 Å². The fourth-order valence-corrected chi connectivity index (χ4v) is 1.50. The van der Waals surface area contributed by atoms with Gasteiger partial charge in [-0.05, 0) is 38.0 Å². The number of hydrogen-bond donors (Lipinski definition) is 1. The summed E-state index contributed by atoms with van der Waals surface area (Å²) in [5.74, 6) is 5.95. The summed E-state index contributed by atoms with van der Waals surface area (Å²) in [5, 5.41) is 11.9. The Labute approximate surface area is 114 Å². The van der Waals surface area contributed by atoms with E-state index in [4.69, 9.17) is 14.7 Å². The first-order valence-electron chi connectivity index (χ1n) is 6.21. The molecule has 0 spiro atoms. The molecule has 0 bridgehead atoms. The lowest BCUT2D eigenvalue weighted by Gasteiger charge is -2.10. The highest BCUT2D eigenvalue weighted by Crippen LogP contribution is 2.15. The number of nitrogens with zero attached hydrogens (tertiary/aromatic N) is 1. The van der Waals surface area contributed by atoms with Gasteiger partial charge >= 0.3 is 0 Å². The maximum atomic E-state index is 8.85. The molecule has 1 aromatic rings. The van der Waals surface area contributed by atoms with E-state index < -0.39 is 6.29 Å². The average Bonchev–Trinajstić information content (AvgIpc) is 2.45. The molecule has 1 rings (SSSR count). The lowest BCUT2D eigenvalue weighted by atomic mass is 10.1. The Morgan fingerprint density at radius 2 is 1.95 bits per heavy atom. The van der Waals surface area contributed by atoms with Crippen LogP contribution in [0, 0.1) is 23.2 Å². The van der Waals surface area contributed by atoms with Gasteiger partial charge in [0.15, 0.2) is 0 Å². The van der Waals surface area contributed by atoms with Gasteiger partial charge in [0.2, 0.25) is 6.29 Å². The van der Waals surface area contributed by atoms with Crippen molar-refractivity contribution in [3.05, 3.63) is 29.3 Å². The molecule has 0 unspecified atom stereocenters. The van der Waals surface area contributed by atoms with Gasteiger partial charge in [-0.1, -0.05) is 5.92 Å². The number of nitrogens with one attached hydrogen (secondary N) is 1. The summed E-state index contributed by atoms with van der Waals surface area (Å²) in [6.07, 6.45) is -0.518. The first kappa shape index (κ1) is 15.0. The maximum Gasteiger partial charge on any atom is 0.222 e. The SMILES string of the molecule is CCOC(C#Cc1ccc(C#N)cc1NC)OCC. The Bertz CT molecular complexity index is 503. The molecule has 0 aromatic heterocycles. The minimum atomic E-state index is -0.518. The van der Waals surface area contributed by atoms with Crippen LogP contribution in [0.1, 0.15) is 25.0 Å². The number of anilines is 1. The van der Waals surface area contributed by atoms with Crippen LogP contribution in [-0.4, -0.2) is 26.6 Å². The highest BCUT2D eigenvalue weighted by molar-refractivity contribution is 5.61. The molecule has 0 amide bonds. The van der Waals surface area contributed by atoms with E-state index in [0.29, 0.717) is 18.8 Å².